The third kappa shape index (κ3) is 7.11. The quantitative estimate of drug-likeness (QED) is 0.522. The molecule has 1 aromatic rings. The molecule has 0 radical (unpaired) electrons. The zero-order chi connectivity index (χ0) is 19.9. The van der Waals surface area contributed by atoms with Gasteiger partial charge in [-0.1, -0.05) is 19.3 Å². The van der Waals surface area contributed by atoms with Crippen molar-refractivity contribution >= 4 is 7.37 Å². The molecule has 0 spiro atoms. The Morgan fingerprint density at radius 3 is 2.56 bits per heavy atom. The van der Waals surface area contributed by atoms with E-state index in [1.54, 1.807) is 14.2 Å². The maximum absolute atomic E-state index is 12.5. The summed E-state index contributed by atoms with van der Waals surface area (Å²) in [6.07, 6.45) is 5.01. The molecule has 2 rings (SSSR count). The first-order valence-electron chi connectivity index (χ1n) is 9.79. The van der Waals surface area contributed by atoms with E-state index < -0.39 is 13.5 Å². The van der Waals surface area contributed by atoms with Crippen LogP contribution in [0.4, 0.5) is 0 Å². The largest absolute Gasteiger partial charge is 0.497 e. The number of ether oxygens (including phenoxy) is 2. The smallest absolute Gasteiger partial charge is 0.203 e. The van der Waals surface area contributed by atoms with Gasteiger partial charge in [0.25, 0.3) is 0 Å². The molecule has 1 fully saturated rings. The first-order chi connectivity index (χ1) is 12.8. The van der Waals surface area contributed by atoms with Crippen LogP contribution in [0.1, 0.15) is 50.6 Å². The average Bonchev–Trinajstić information content (AvgIpc) is 2.65. The Morgan fingerprint density at radius 1 is 1.22 bits per heavy atom. The lowest BCUT2D eigenvalue weighted by Crippen LogP contribution is -2.32. The lowest BCUT2D eigenvalue weighted by molar-refractivity contribution is 0.185. The van der Waals surface area contributed by atoms with Gasteiger partial charge < -0.3 is 24.8 Å². The second kappa shape index (κ2) is 10.5. The minimum Gasteiger partial charge on any atom is -0.497 e. The molecule has 0 aliphatic heterocycles. The fourth-order valence-corrected chi connectivity index (χ4v) is 5.95. The molecule has 0 saturated heterocycles. The van der Waals surface area contributed by atoms with E-state index in [1.807, 2.05) is 25.1 Å². The van der Waals surface area contributed by atoms with E-state index in [2.05, 4.69) is 5.32 Å². The fraction of sp³-hybridized carbons (Fsp3) is 0.700. The highest BCUT2D eigenvalue weighted by atomic mass is 31.2. The maximum atomic E-state index is 12.5. The van der Waals surface area contributed by atoms with E-state index in [0.29, 0.717) is 12.1 Å². The van der Waals surface area contributed by atoms with Crippen molar-refractivity contribution in [1.29, 1.82) is 0 Å². The Hall–Kier alpha value is -1.07. The zero-order valence-corrected chi connectivity index (χ0v) is 17.6. The van der Waals surface area contributed by atoms with Crippen LogP contribution in [0.3, 0.4) is 0 Å². The van der Waals surface area contributed by atoms with Gasteiger partial charge >= 0.3 is 0 Å². The molecule has 1 saturated carbocycles. The lowest BCUT2D eigenvalue weighted by atomic mass is 9.91. The molecule has 1 aromatic carbocycles. The summed E-state index contributed by atoms with van der Waals surface area (Å²) in [6.45, 7) is 2.21. The Labute approximate surface area is 162 Å². The lowest BCUT2D eigenvalue weighted by Gasteiger charge is -2.25. The van der Waals surface area contributed by atoms with Crippen LogP contribution in [0.2, 0.25) is 0 Å². The van der Waals surface area contributed by atoms with Gasteiger partial charge in [0, 0.05) is 24.3 Å². The molecule has 3 atom stereocenters. The number of benzene rings is 1. The van der Waals surface area contributed by atoms with Gasteiger partial charge in [0.1, 0.15) is 11.5 Å². The third-order valence-electron chi connectivity index (χ3n) is 5.33. The molecule has 3 N–H and O–H groups in total. The van der Waals surface area contributed by atoms with Crippen LogP contribution in [0.15, 0.2) is 18.2 Å². The van der Waals surface area contributed by atoms with E-state index >= 15 is 0 Å². The summed E-state index contributed by atoms with van der Waals surface area (Å²) in [6, 6.07) is 5.47. The van der Waals surface area contributed by atoms with E-state index in [4.69, 9.17) is 9.47 Å². The van der Waals surface area contributed by atoms with Crippen LogP contribution < -0.4 is 14.8 Å². The predicted molar refractivity (Wildman–Crippen MR) is 108 cm³/mol. The number of aliphatic hydroxyl groups is 1. The van der Waals surface area contributed by atoms with Crippen LogP contribution in [0, 0.1) is 5.92 Å². The summed E-state index contributed by atoms with van der Waals surface area (Å²) in [5, 5.41) is 13.5. The van der Waals surface area contributed by atoms with Crippen molar-refractivity contribution in [1.82, 2.24) is 5.32 Å². The number of hydrogen-bond donors (Lipinski definition) is 3. The van der Waals surface area contributed by atoms with Crippen molar-refractivity contribution in [3.63, 3.8) is 0 Å². The molecule has 0 aromatic heterocycles. The predicted octanol–water partition coefficient (Wildman–Crippen LogP) is 3.57. The van der Waals surface area contributed by atoms with E-state index in [0.717, 1.165) is 42.7 Å². The molecule has 1 aliphatic carbocycles. The van der Waals surface area contributed by atoms with Gasteiger partial charge in [-0.25, -0.2) is 0 Å². The molecule has 27 heavy (non-hydrogen) atoms. The van der Waals surface area contributed by atoms with E-state index in [1.165, 1.54) is 6.42 Å². The van der Waals surface area contributed by atoms with Crippen molar-refractivity contribution < 1.29 is 24.0 Å². The molecule has 0 amide bonds. The molecule has 0 heterocycles. The van der Waals surface area contributed by atoms with E-state index in [9.17, 15) is 14.6 Å². The van der Waals surface area contributed by atoms with Crippen LogP contribution >= 0.6 is 7.37 Å². The van der Waals surface area contributed by atoms with Gasteiger partial charge in [-0.2, -0.15) is 0 Å². The molecule has 0 bridgehead atoms. The molecular weight excluding hydrogens is 365 g/mol. The van der Waals surface area contributed by atoms with Crippen molar-refractivity contribution in [2.75, 3.05) is 33.1 Å². The van der Waals surface area contributed by atoms with Crippen LogP contribution in [0.25, 0.3) is 0 Å². The molecule has 2 unspecified atom stereocenters. The number of rotatable bonds is 10. The van der Waals surface area contributed by atoms with Gasteiger partial charge in [0.15, 0.2) is 0 Å². The Kier molecular flexibility index (Phi) is 8.62. The first-order valence-corrected chi connectivity index (χ1v) is 11.8. The summed E-state index contributed by atoms with van der Waals surface area (Å²) in [5.41, 5.74) is 0.915. The number of hydrogen-bond acceptors (Lipinski definition) is 5. The summed E-state index contributed by atoms with van der Waals surface area (Å²) in [4.78, 5) is 10.3. The molecule has 1 aliphatic rings. The number of methoxy groups -OCH3 is 2. The van der Waals surface area contributed by atoms with Gasteiger partial charge in [0.2, 0.25) is 7.37 Å². The standard InChI is InChI=1S/C20H34NO5P/c1-15(19-11-18(25-2)9-10-20(19)26-3)21-12-17(22)14-27(23,24)13-16-7-5-4-6-8-16/h9-11,15-17,21-22H,4-8,12-14H2,1-3H3,(H,23,24)/t15?,17-/m0/s1. The number of nitrogens with one attached hydrogen (secondary N) is 1. The Balaban J connectivity index is 1.87. The maximum Gasteiger partial charge on any atom is 0.203 e. The second-order valence-electron chi connectivity index (χ2n) is 7.61. The van der Waals surface area contributed by atoms with Crippen LogP contribution in [0.5, 0.6) is 11.5 Å². The van der Waals surface area contributed by atoms with Crippen LogP contribution in [-0.2, 0) is 4.57 Å². The Morgan fingerprint density at radius 2 is 1.93 bits per heavy atom. The zero-order valence-electron chi connectivity index (χ0n) is 16.7. The van der Waals surface area contributed by atoms with Crippen molar-refractivity contribution in [3.8, 4) is 11.5 Å². The summed E-state index contributed by atoms with van der Waals surface area (Å²) in [7, 11) is -0.0908. The van der Waals surface area contributed by atoms with E-state index in [-0.39, 0.29) is 18.7 Å². The van der Waals surface area contributed by atoms with Crippen LogP contribution in [-0.4, -0.2) is 49.2 Å². The van der Waals surface area contributed by atoms with Gasteiger partial charge in [-0.15, -0.1) is 0 Å². The third-order valence-corrected chi connectivity index (χ3v) is 7.41. The summed E-state index contributed by atoms with van der Waals surface area (Å²) >= 11 is 0. The summed E-state index contributed by atoms with van der Waals surface area (Å²) < 4.78 is 23.2. The molecule has 154 valence electrons. The average molecular weight is 399 g/mol. The van der Waals surface area contributed by atoms with Crippen molar-refractivity contribution in [2.45, 2.75) is 51.2 Å². The highest BCUT2D eigenvalue weighted by molar-refractivity contribution is 7.58. The fourth-order valence-electron chi connectivity index (χ4n) is 3.84. The van der Waals surface area contributed by atoms with Crippen molar-refractivity contribution in [2.24, 2.45) is 5.92 Å². The molecular formula is C20H34NO5P. The normalized spacial score (nSPS) is 19.9. The minimum atomic E-state index is -3.31. The second-order valence-corrected chi connectivity index (χ2v) is 10.0. The Bertz CT molecular complexity index is 633. The monoisotopic (exact) mass is 399 g/mol. The van der Waals surface area contributed by atoms with Crippen molar-refractivity contribution in [3.05, 3.63) is 23.8 Å². The van der Waals surface area contributed by atoms with Gasteiger partial charge in [-0.3, -0.25) is 4.57 Å². The van der Waals surface area contributed by atoms with Gasteiger partial charge in [-0.05, 0) is 43.9 Å². The highest BCUT2D eigenvalue weighted by Gasteiger charge is 2.28. The minimum absolute atomic E-state index is 0.0571. The summed E-state index contributed by atoms with van der Waals surface area (Å²) in [5.74, 6) is 1.79. The molecule has 6 nitrogen and oxygen atoms in total. The highest BCUT2D eigenvalue weighted by Crippen LogP contribution is 2.46. The molecule has 7 heteroatoms. The topological polar surface area (TPSA) is 88.0 Å². The first kappa shape index (κ1) is 22.2. The van der Waals surface area contributed by atoms with Gasteiger partial charge in [0.05, 0.1) is 26.5 Å². The number of aliphatic hydroxyl groups excluding tert-OH is 1. The SMILES string of the molecule is COc1ccc(OC)c(C(C)NC[C@H](O)CP(=O)(O)CC2CCCCC2)c1.